The number of anilines is 1. The van der Waals surface area contributed by atoms with Gasteiger partial charge in [0.05, 0.1) is 6.61 Å². The van der Waals surface area contributed by atoms with E-state index in [1.807, 2.05) is 30.3 Å². The Morgan fingerprint density at radius 1 is 1.21 bits per heavy atom. The van der Waals surface area contributed by atoms with Crippen molar-refractivity contribution in [3.63, 3.8) is 0 Å². The van der Waals surface area contributed by atoms with Gasteiger partial charge in [-0.3, -0.25) is 4.79 Å². The highest BCUT2D eigenvalue weighted by Gasteiger charge is 2.16. The third kappa shape index (κ3) is 5.33. The number of hydrogen-bond donors (Lipinski definition) is 1. The summed E-state index contributed by atoms with van der Waals surface area (Å²) in [6, 6.07) is 10.0. The summed E-state index contributed by atoms with van der Waals surface area (Å²) in [5.74, 6) is 0.563. The van der Waals surface area contributed by atoms with E-state index in [0.717, 1.165) is 18.7 Å². The van der Waals surface area contributed by atoms with Gasteiger partial charge in [0.15, 0.2) is 0 Å². The lowest BCUT2D eigenvalue weighted by Crippen LogP contribution is -2.13. The highest BCUT2D eigenvalue weighted by atomic mass is 16.5. The molecule has 19 heavy (non-hydrogen) atoms. The molecule has 3 heteroatoms. The predicted octanol–water partition coefficient (Wildman–Crippen LogP) is 3.61. The van der Waals surface area contributed by atoms with Crippen molar-refractivity contribution in [2.45, 2.75) is 38.5 Å². The molecule has 1 aliphatic carbocycles. The van der Waals surface area contributed by atoms with E-state index in [1.54, 1.807) is 0 Å². The molecule has 0 saturated heterocycles. The van der Waals surface area contributed by atoms with Crippen molar-refractivity contribution < 1.29 is 9.53 Å². The van der Waals surface area contributed by atoms with Gasteiger partial charge >= 0.3 is 5.97 Å². The summed E-state index contributed by atoms with van der Waals surface area (Å²) in [5, 5.41) is 3.29. The summed E-state index contributed by atoms with van der Waals surface area (Å²) in [6.45, 7) is 1.44. The minimum atomic E-state index is -0.0539. The van der Waals surface area contributed by atoms with E-state index >= 15 is 0 Å². The van der Waals surface area contributed by atoms with Crippen LogP contribution in [0.25, 0.3) is 0 Å². The van der Waals surface area contributed by atoms with E-state index in [1.165, 1.54) is 25.7 Å². The second kappa shape index (κ2) is 7.82. The predicted molar refractivity (Wildman–Crippen MR) is 77.1 cm³/mol. The van der Waals surface area contributed by atoms with Crippen molar-refractivity contribution in [1.82, 2.24) is 0 Å². The average Bonchev–Trinajstić information content (AvgIpc) is 2.96. The molecule has 0 amide bonds. The van der Waals surface area contributed by atoms with Crippen LogP contribution in [-0.4, -0.2) is 19.1 Å². The lowest BCUT2D eigenvalue weighted by Gasteiger charge is -2.10. The Balaban J connectivity index is 1.51. The minimum Gasteiger partial charge on any atom is -0.465 e. The van der Waals surface area contributed by atoms with Gasteiger partial charge in [-0.15, -0.1) is 0 Å². The van der Waals surface area contributed by atoms with Crippen molar-refractivity contribution in [2.75, 3.05) is 18.5 Å². The van der Waals surface area contributed by atoms with Gasteiger partial charge in [-0.1, -0.05) is 31.0 Å². The number of rotatable bonds is 7. The van der Waals surface area contributed by atoms with E-state index in [0.29, 0.717) is 18.9 Å². The van der Waals surface area contributed by atoms with Gasteiger partial charge in [-0.2, -0.15) is 0 Å². The zero-order chi connectivity index (χ0) is 13.3. The van der Waals surface area contributed by atoms with Crippen molar-refractivity contribution in [3.05, 3.63) is 30.3 Å². The molecule has 1 N–H and O–H groups in total. The van der Waals surface area contributed by atoms with Crippen molar-refractivity contribution >= 4 is 11.7 Å². The summed E-state index contributed by atoms with van der Waals surface area (Å²) in [4.78, 5) is 11.6. The number of esters is 1. The van der Waals surface area contributed by atoms with E-state index < -0.39 is 0 Å². The molecule has 1 aromatic carbocycles. The Morgan fingerprint density at radius 3 is 2.68 bits per heavy atom. The largest absolute Gasteiger partial charge is 0.465 e. The van der Waals surface area contributed by atoms with Gasteiger partial charge in [0, 0.05) is 18.7 Å². The first-order valence-corrected chi connectivity index (χ1v) is 7.29. The summed E-state index contributed by atoms with van der Waals surface area (Å²) in [7, 11) is 0. The summed E-state index contributed by atoms with van der Waals surface area (Å²) < 4.78 is 5.31. The molecule has 0 radical (unpaired) electrons. The zero-order valence-corrected chi connectivity index (χ0v) is 11.4. The first-order valence-electron chi connectivity index (χ1n) is 7.29. The molecule has 3 nitrogen and oxygen atoms in total. The number of ether oxygens (including phenoxy) is 1. The molecule has 2 rings (SSSR count). The first kappa shape index (κ1) is 13.9. The van der Waals surface area contributed by atoms with Crippen LogP contribution in [0.5, 0.6) is 0 Å². The van der Waals surface area contributed by atoms with Crippen LogP contribution >= 0.6 is 0 Å². The van der Waals surface area contributed by atoms with Crippen LogP contribution in [0, 0.1) is 5.92 Å². The van der Waals surface area contributed by atoms with Gasteiger partial charge in [0.2, 0.25) is 0 Å². The second-order valence-corrected chi connectivity index (χ2v) is 5.23. The number of nitrogens with one attached hydrogen (secondary N) is 1. The summed E-state index contributed by atoms with van der Waals surface area (Å²) >= 11 is 0. The number of carbonyl (C=O) groups excluding carboxylic acids is 1. The molecule has 0 spiro atoms. The second-order valence-electron chi connectivity index (χ2n) is 5.23. The smallest absolute Gasteiger partial charge is 0.305 e. The van der Waals surface area contributed by atoms with Gasteiger partial charge in [-0.25, -0.2) is 0 Å². The van der Waals surface area contributed by atoms with E-state index in [2.05, 4.69) is 5.32 Å². The Hall–Kier alpha value is -1.51. The van der Waals surface area contributed by atoms with Crippen molar-refractivity contribution in [2.24, 2.45) is 5.92 Å². The summed E-state index contributed by atoms with van der Waals surface area (Å²) in [6.07, 6.45) is 6.36. The number of carbonyl (C=O) groups is 1. The molecule has 1 aliphatic rings. The third-order valence-electron chi connectivity index (χ3n) is 3.62. The quantitative estimate of drug-likeness (QED) is 0.602. The SMILES string of the molecule is O=C(CCCNc1ccccc1)OCC1CCCC1. The number of benzene rings is 1. The Morgan fingerprint density at radius 2 is 1.95 bits per heavy atom. The van der Waals surface area contributed by atoms with Crippen LogP contribution in [0.4, 0.5) is 5.69 Å². The van der Waals surface area contributed by atoms with Crippen molar-refractivity contribution in [1.29, 1.82) is 0 Å². The third-order valence-corrected chi connectivity index (χ3v) is 3.62. The average molecular weight is 261 g/mol. The molecule has 104 valence electrons. The van der Waals surface area contributed by atoms with Crippen LogP contribution in [0.15, 0.2) is 30.3 Å². The van der Waals surface area contributed by atoms with Crippen LogP contribution in [0.1, 0.15) is 38.5 Å². The Labute approximate surface area is 115 Å². The zero-order valence-electron chi connectivity index (χ0n) is 11.4. The van der Waals surface area contributed by atoms with Crippen LogP contribution in [0.3, 0.4) is 0 Å². The van der Waals surface area contributed by atoms with Crippen LogP contribution < -0.4 is 5.32 Å². The van der Waals surface area contributed by atoms with Gasteiger partial charge < -0.3 is 10.1 Å². The van der Waals surface area contributed by atoms with Crippen LogP contribution in [-0.2, 0) is 9.53 Å². The lowest BCUT2D eigenvalue weighted by molar-refractivity contribution is -0.145. The molecular formula is C16H23NO2. The normalized spacial score (nSPS) is 15.4. The highest BCUT2D eigenvalue weighted by molar-refractivity contribution is 5.69. The molecule has 0 aliphatic heterocycles. The van der Waals surface area contributed by atoms with E-state index in [-0.39, 0.29) is 5.97 Å². The van der Waals surface area contributed by atoms with Gasteiger partial charge in [-0.05, 0) is 37.3 Å². The van der Waals surface area contributed by atoms with E-state index in [9.17, 15) is 4.79 Å². The maximum Gasteiger partial charge on any atom is 0.305 e. The standard InChI is InChI=1S/C16H23NO2/c18-16(19-13-14-7-4-5-8-14)11-6-12-17-15-9-2-1-3-10-15/h1-3,9-10,14,17H,4-8,11-13H2. The molecule has 1 fully saturated rings. The maximum absolute atomic E-state index is 11.6. The topological polar surface area (TPSA) is 38.3 Å². The molecular weight excluding hydrogens is 238 g/mol. The minimum absolute atomic E-state index is 0.0539. The molecule has 0 aromatic heterocycles. The van der Waals surface area contributed by atoms with Gasteiger partial charge in [0.25, 0.3) is 0 Å². The molecule has 0 unspecified atom stereocenters. The number of hydrogen-bond acceptors (Lipinski definition) is 3. The number of para-hydroxylation sites is 1. The molecule has 1 aromatic rings. The molecule has 1 saturated carbocycles. The van der Waals surface area contributed by atoms with Gasteiger partial charge in [0.1, 0.15) is 0 Å². The Bertz CT molecular complexity index is 372. The fraction of sp³-hybridized carbons (Fsp3) is 0.562. The Kier molecular flexibility index (Phi) is 5.73. The monoisotopic (exact) mass is 261 g/mol. The first-order chi connectivity index (χ1) is 9.34. The lowest BCUT2D eigenvalue weighted by atomic mass is 10.1. The highest BCUT2D eigenvalue weighted by Crippen LogP contribution is 2.24. The van der Waals surface area contributed by atoms with E-state index in [4.69, 9.17) is 4.74 Å². The fourth-order valence-electron chi connectivity index (χ4n) is 2.48. The molecule has 0 atom stereocenters. The van der Waals surface area contributed by atoms with Crippen molar-refractivity contribution in [3.8, 4) is 0 Å². The molecule has 0 heterocycles. The maximum atomic E-state index is 11.6. The molecule has 0 bridgehead atoms. The van der Waals surface area contributed by atoms with Crippen LogP contribution in [0.2, 0.25) is 0 Å². The summed E-state index contributed by atoms with van der Waals surface area (Å²) in [5.41, 5.74) is 1.10. The fourth-order valence-corrected chi connectivity index (χ4v) is 2.48.